The lowest BCUT2D eigenvalue weighted by atomic mass is 10.3. The molecule has 0 bridgehead atoms. The number of methoxy groups -OCH3 is 1. The van der Waals surface area contributed by atoms with Crippen LogP contribution in [0.5, 0.6) is 11.5 Å². The first kappa shape index (κ1) is 7.22. The Balaban J connectivity index is 3.09. The number of halogens is 1. The molecule has 0 spiro atoms. The molecule has 0 atom stereocenters. The number of ether oxygens (including phenoxy) is 1. The van der Waals surface area contributed by atoms with Crippen LogP contribution in [-0.2, 0) is 0 Å². The van der Waals surface area contributed by atoms with Gasteiger partial charge in [-0.2, -0.15) is 0 Å². The number of hydrogen-bond acceptors (Lipinski definition) is 2. The average Bonchev–Trinajstić information content (AvgIpc) is 1.94. The Morgan fingerprint density at radius 1 is 1.70 bits per heavy atom. The molecule has 0 aliphatic heterocycles. The van der Waals surface area contributed by atoms with Gasteiger partial charge in [0.05, 0.1) is 7.11 Å². The van der Waals surface area contributed by atoms with Crippen molar-refractivity contribution in [1.29, 1.82) is 0 Å². The molecule has 0 aliphatic carbocycles. The number of aromatic hydroxyl groups is 1. The molecule has 53 valence electrons. The molecule has 1 N–H and O–H groups in total. The number of hydrogen-bond donors (Lipinski definition) is 1. The van der Waals surface area contributed by atoms with E-state index in [9.17, 15) is 0 Å². The van der Waals surface area contributed by atoms with Crippen molar-refractivity contribution in [2.24, 2.45) is 0 Å². The van der Waals surface area contributed by atoms with Crippen molar-refractivity contribution >= 4 is 11.6 Å². The maximum atomic E-state index is 9.00. The number of benzene rings is 1. The first-order chi connectivity index (χ1) is 4.74. The van der Waals surface area contributed by atoms with Crippen molar-refractivity contribution in [3.8, 4) is 11.5 Å². The van der Waals surface area contributed by atoms with Gasteiger partial charge in [0.25, 0.3) is 0 Å². The van der Waals surface area contributed by atoms with Crippen LogP contribution in [0.3, 0.4) is 0 Å². The number of phenols is 1. The van der Waals surface area contributed by atoms with Crippen LogP contribution >= 0.6 is 11.6 Å². The Morgan fingerprint density at radius 2 is 2.40 bits per heavy atom. The molecule has 0 saturated carbocycles. The smallest absolute Gasteiger partial charge is 0.165 e. The van der Waals surface area contributed by atoms with Crippen molar-refractivity contribution in [2.75, 3.05) is 7.11 Å². The second kappa shape index (κ2) is 2.80. The predicted octanol–water partition coefficient (Wildman–Crippen LogP) is 1.85. The third kappa shape index (κ3) is 1.33. The third-order valence-electron chi connectivity index (χ3n) is 1.07. The van der Waals surface area contributed by atoms with Gasteiger partial charge in [-0.15, -0.1) is 0 Å². The second-order valence-electron chi connectivity index (χ2n) is 1.73. The molecule has 0 heterocycles. The van der Waals surface area contributed by atoms with E-state index in [-0.39, 0.29) is 5.75 Å². The first-order valence-electron chi connectivity index (χ1n) is 2.68. The maximum Gasteiger partial charge on any atom is 0.165 e. The molecule has 0 aromatic heterocycles. The summed E-state index contributed by atoms with van der Waals surface area (Å²) in [6, 6.07) is 5.51. The van der Waals surface area contributed by atoms with E-state index in [1.54, 1.807) is 0 Å². The summed E-state index contributed by atoms with van der Waals surface area (Å²) in [5.41, 5.74) is 0. The standard InChI is InChI=1S/C7H6ClO2/c1-10-7-4-5(8)2-3-6(7)9/h2,4,9H,1H3. The molecule has 1 aromatic carbocycles. The molecule has 1 rings (SSSR count). The highest BCUT2D eigenvalue weighted by atomic mass is 35.5. The van der Waals surface area contributed by atoms with Crippen LogP contribution < -0.4 is 4.74 Å². The van der Waals surface area contributed by atoms with E-state index in [1.807, 2.05) is 0 Å². The van der Waals surface area contributed by atoms with Crippen LogP contribution in [0.15, 0.2) is 12.1 Å². The van der Waals surface area contributed by atoms with Gasteiger partial charge in [-0.1, -0.05) is 11.6 Å². The molecule has 1 radical (unpaired) electrons. The van der Waals surface area contributed by atoms with E-state index >= 15 is 0 Å². The zero-order chi connectivity index (χ0) is 7.56. The molecule has 3 heteroatoms. The molecular weight excluding hydrogens is 152 g/mol. The summed E-state index contributed by atoms with van der Waals surface area (Å²) in [6.45, 7) is 0. The SMILES string of the molecule is COc1cc(Cl)c[c]c1O. The van der Waals surface area contributed by atoms with Gasteiger partial charge < -0.3 is 9.84 Å². The average molecular weight is 158 g/mol. The van der Waals surface area contributed by atoms with E-state index in [4.69, 9.17) is 21.4 Å². The summed E-state index contributed by atoms with van der Waals surface area (Å²) in [6.07, 6.45) is 0. The first-order valence-corrected chi connectivity index (χ1v) is 3.06. The Kier molecular flexibility index (Phi) is 2.02. The van der Waals surface area contributed by atoms with Crippen LogP contribution in [0.1, 0.15) is 0 Å². The summed E-state index contributed by atoms with van der Waals surface area (Å²) >= 11 is 5.57. The Hall–Kier alpha value is -0.890. The van der Waals surface area contributed by atoms with Gasteiger partial charge in [-0.05, 0) is 6.07 Å². The summed E-state index contributed by atoms with van der Waals surface area (Å²) in [5, 5.41) is 9.49. The molecule has 10 heavy (non-hydrogen) atoms. The molecular formula is C7H6ClO2. The van der Waals surface area contributed by atoms with Crippen molar-refractivity contribution in [3.05, 3.63) is 23.2 Å². The van der Waals surface area contributed by atoms with Gasteiger partial charge in [0.15, 0.2) is 11.5 Å². The lowest BCUT2D eigenvalue weighted by Gasteiger charge is -2.00. The maximum absolute atomic E-state index is 9.00. The van der Waals surface area contributed by atoms with Crippen LogP contribution in [0.4, 0.5) is 0 Å². The molecule has 0 aliphatic rings. The summed E-state index contributed by atoms with van der Waals surface area (Å²) in [7, 11) is 1.46. The quantitative estimate of drug-likeness (QED) is 0.674. The summed E-state index contributed by atoms with van der Waals surface area (Å²) < 4.78 is 4.76. The fourth-order valence-corrected chi connectivity index (χ4v) is 0.753. The van der Waals surface area contributed by atoms with Gasteiger partial charge >= 0.3 is 0 Å². The van der Waals surface area contributed by atoms with E-state index in [2.05, 4.69) is 6.07 Å². The largest absolute Gasteiger partial charge is 0.504 e. The minimum absolute atomic E-state index is 0.0214. The van der Waals surface area contributed by atoms with Gasteiger partial charge in [0.2, 0.25) is 0 Å². The molecule has 0 unspecified atom stereocenters. The molecule has 0 saturated heterocycles. The predicted molar refractivity (Wildman–Crippen MR) is 38.5 cm³/mol. The van der Waals surface area contributed by atoms with Gasteiger partial charge in [-0.3, -0.25) is 0 Å². The lowest BCUT2D eigenvalue weighted by Crippen LogP contribution is -1.82. The van der Waals surface area contributed by atoms with E-state index in [1.165, 1.54) is 19.2 Å². The zero-order valence-corrected chi connectivity index (χ0v) is 6.14. The normalized spacial score (nSPS) is 9.40. The van der Waals surface area contributed by atoms with Crippen LogP contribution in [0.25, 0.3) is 0 Å². The Morgan fingerprint density at radius 3 is 2.90 bits per heavy atom. The van der Waals surface area contributed by atoms with E-state index in [0.29, 0.717) is 10.8 Å². The third-order valence-corrected chi connectivity index (χ3v) is 1.29. The van der Waals surface area contributed by atoms with Crippen molar-refractivity contribution < 1.29 is 9.84 Å². The fraction of sp³-hybridized carbons (Fsp3) is 0.143. The summed E-state index contributed by atoms with van der Waals surface area (Å²) in [5.74, 6) is 0.319. The monoisotopic (exact) mass is 157 g/mol. The fourth-order valence-electron chi connectivity index (χ4n) is 0.599. The highest BCUT2D eigenvalue weighted by Gasteiger charge is 1.99. The van der Waals surface area contributed by atoms with Gasteiger partial charge in [-0.25, -0.2) is 0 Å². The molecule has 0 amide bonds. The molecule has 0 fully saturated rings. The molecule has 2 nitrogen and oxygen atoms in total. The number of phenolic OH excluding ortho intramolecular Hbond substituents is 1. The second-order valence-corrected chi connectivity index (χ2v) is 2.17. The van der Waals surface area contributed by atoms with Gasteiger partial charge in [0, 0.05) is 17.2 Å². The Labute approximate surface area is 64.0 Å². The van der Waals surface area contributed by atoms with E-state index in [0.717, 1.165) is 0 Å². The lowest BCUT2D eigenvalue weighted by molar-refractivity contribution is 0.373. The highest BCUT2D eigenvalue weighted by Crippen LogP contribution is 2.27. The van der Waals surface area contributed by atoms with Crippen LogP contribution in [0, 0.1) is 6.07 Å². The van der Waals surface area contributed by atoms with Crippen molar-refractivity contribution in [1.82, 2.24) is 0 Å². The zero-order valence-electron chi connectivity index (χ0n) is 5.39. The van der Waals surface area contributed by atoms with Gasteiger partial charge in [0.1, 0.15) is 0 Å². The number of rotatable bonds is 1. The van der Waals surface area contributed by atoms with Crippen LogP contribution in [0.2, 0.25) is 5.02 Å². The van der Waals surface area contributed by atoms with Crippen molar-refractivity contribution in [3.63, 3.8) is 0 Å². The minimum Gasteiger partial charge on any atom is -0.504 e. The topological polar surface area (TPSA) is 29.5 Å². The highest BCUT2D eigenvalue weighted by molar-refractivity contribution is 6.30. The van der Waals surface area contributed by atoms with Crippen LogP contribution in [-0.4, -0.2) is 12.2 Å². The summed E-state index contributed by atoms with van der Waals surface area (Å²) in [4.78, 5) is 0. The van der Waals surface area contributed by atoms with Crippen molar-refractivity contribution in [2.45, 2.75) is 0 Å². The minimum atomic E-state index is -0.0214. The van der Waals surface area contributed by atoms with E-state index < -0.39 is 0 Å². The Bertz CT molecular complexity index is 235. The molecule has 1 aromatic rings.